The standard InChI is InChI=1S/C13H19NO/c1-13(11-15)8-5-9-14(13)10-12-6-3-2-4-7-12/h2-4,6-7,15H,5,8-11H2,1H3/t13-/m0/s1. The Morgan fingerprint density at radius 2 is 2.07 bits per heavy atom. The van der Waals surface area contributed by atoms with E-state index < -0.39 is 0 Å². The van der Waals surface area contributed by atoms with Crippen LogP contribution in [0.3, 0.4) is 0 Å². The molecule has 1 fully saturated rings. The summed E-state index contributed by atoms with van der Waals surface area (Å²) in [4.78, 5) is 2.39. The van der Waals surface area contributed by atoms with Gasteiger partial charge in [-0.15, -0.1) is 0 Å². The summed E-state index contributed by atoms with van der Waals surface area (Å²) in [6, 6.07) is 10.5. The number of likely N-dealkylation sites (tertiary alicyclic amines) is 1. The van der Waals surface area contributed by atoms with E-state index in [9.17, 15) is 5.11 Å². The molecule has 2 nitrogen and oxygen atoms in total. The van der Waals surface area contributed by atoms with Crippen LogP contribution in [0.4, 0.5) is 0 Å². The molecule has 15 heavy (non-hydrogen) atoms. The molecule has 2 rings (SSSR count). The molecule has 1 saturated heterocycles. The Balaban J connectivity index is 2.06. The van der Waals surface area contributed by atoms with Crippen LogP contribution in [0.2, 0.25) is 0 Å². The van der Waals surface area contributed by atoms with E-state index >= 15 is 0 Å². The van der Waals surface area contributed by atoms with E-state index in [-0.39, 0.29) is 12.1 Å². The number of rotatable bonds is 3. The van der Waals surface area contributed by atoms with Gasteiger partial charge >= 0.3 is 0 Å². The fraction of sp³-hybridized carbons (Fsp3) is 0.538. The Labute approximate surface area is 91.5 Å². The van der Waals surface area contributed by atoms with Crippen molar-refractivity contribution >= 4 is 0 Å². The van der Waals surface area contributed by atoms with Gasteiger partial charge in [-0.1, -0.05) is 30.3 Å². The minimum atomic E-state index is -0.00413. The molecule has 1 aliphatic rings. The van der Waals surface area contributed by atoms with Crippen molar-refractivity contribution in [1.82, 2.24) is 4.90 Å². The minimum absolute atomic E-state index is 0.00413. The molecule has 1 atom stereocenters. The first-order valence-electron chi connectivity index (χ1n) is 5.64. The SMILES string of the molecule is C[C@@]1(CO)CCCN1Cc1ccccc1. The quantitative estimate of drug-likeness (QED) is 0.816. The topological polar surface area (TPSA) is 23.5 Å². The normalized spacial score (nSPS) is 27.1. The predicted octanol–water partition coefficient (Wildman–Crippen LogP) is 2.03. The van der Waals surface area contributed by atoms with Gasteiger partial charge in [-0.25, -0.2) is 0 Å². The summed E-state index contributed by atoms with van der Waals surface area (Å²) in [5, 5.41) is 9.43. The van der Waals surface area contributed by atoms with Gasteiger partial charge in [0.25, 0.3) is 0 Å². The van der Waals surface area contributed by atoms with E-state index in [1.165, 1.54) is 12.0 Å². The van der Waals surface area contributed by atoms with Crippen molar-refractivity contribution < 1.29 is 5.11 Å². The zero-order valence-corrected chi connectivity index (χ0v) is 9.32. The fourth-order valence-corrected chi connectivity index (χ4v) is 2.33. The first kappa shape index (κ1) is 10.7. The molecule has 1 N–H and O–H groups in total. The van der Waals surface area contributed by atoms with Crippen molar-refractivity contribution in [3.8, 4) is 0 Å². The van der Waals surface area contributed by atoms with Gasteiger partial charge in [-0.2, -0.15) is 0 Å². The van der Waals surface area contributed by atoms with E-state index in [2.05, 4.69) is 36.1 Å². The van der Waals surface area contributed by atoms with E-state index in [0.29, 0.717) is 0 Å². The molecule has 1 aliphatic heterocycles. The van der Waals surface area contributed by atoms with Gasteiger partial charge in [0.05, 0.1) is 6.61 Å². The maximum Gasteiger partial charge on any atom is 0.0612 e. The lowest BCUT2D eigenvalue weighted by atomic mass is 10.00. The highest BCUT2D eigenvalue weighted by atomic mass is 16.3. The fourth-order valence-electron chi connectivity index (χ4n) is 2.33. The molecule has 0 bridgehead atoms. The highest BCUT2D eigenvalue weighted by Gasteiger charge is 2.35. The van der Waals surface area contributed by atoms with Gasteiger partial charge < -0.3 is 5.11 Å². The average Bonchev–Trinajstić information content (AvgIpc) is 2.63. The molecule has 0 unspecified atom stereocenters. The molecule has 0 aromatic heterocycles. The van der Waals surface area contributed by atoms with E-state index in [0.717, 1.165) is 19.5 Å². The molecule has 0 aliphatic carbocycles. The number of hydrogen-bond acceptors (Lipinski definition) is 2. The summed E-state index contributed by atoms with van der Waals surface area (Å²) in [5.41, 5.74) is 1.33. The van der Waals surface area contributed by atoms with Crippen molar-refractivity contribution in [3.05, 3.63) is 35.9 Å². The lowest BCUT2D eigenvalue weighted by Crippen LogP contribution is -2.43. The molecule has 0 spiro atoms. The summed E-state index contributed by atoms with van der Waals surface area (Å²) in [7, 11) is 0. The second-order valence-corrected chi connectivity index (χ2v) is 4.67. The first-order valence-corrected chi connectivity index (χ1v) is 5.64. The maximum absolute atomic E-state index is 9.43. The third-order valence-electron chi connectivity index (χ3n) is 3.46. The molecule has 2 heteroatoms. The Morgan fingerprint density at radius 3 is 2.73 bits per heavy atom. The van der Waals surface area contributed by atoms with Crippen molar-refractivity contribution in [2.45, 2.75) is 31.8 Å². The van der Waals surface area contributed by atoms with Crippen LogP contribution in [0.25, 0.3) is 0 Å². The van der Waals surface area contributed by atoms with Gasteiger partial charge in [0.15, 0.2) is 0 Å². The van der Waals surface area contributed by atoms with Crippen LogP contribution in [0.1, 0.15) is 25.3 Å². The van der Waals surface area contributed by atoms with Crippen LogP contribution >= 0.6 is 0 Å². The number of nitrogens with zero attached hydrogens (tertiary/aromatic N) is 1. The number of hydrogen-bond donors (Lipinski definition) is 1. The molecular weight excluding hydrogens is 186 g/mol. The zero-order valence-electron chi connectivity index (χ0n) is 9.32. The van der Waals surface area contributed by atoms with Crippen molar-refractivity contribution in [3.63, 3.8) is 0 Å². The van der Waals surface area contributed by atoms with Gasteiger partial charge in [0.1, 0.15) is 0 Å². The van der Waals surface area contributed by atoms with Crippen molar-refractivity contribution in [2.75, 3.05) is 13.2 Å². The summed E-state index contributed by atoms with van der Waals surface area (Å²) in [5.74, 6) is 0. The highest BCUT2D eigenvalue weighted by Crippen LogP contribution is 2.29. The lowest BCUT2D eigenvalue weighted by molar-refractivity contribution is 0.0734. The number of benzene rings is 1. The Kier molecular flexibility index (Phi) is 3.08. The van der Waals surface area contributed by atoms with Crippen LogP contribution in [-0.2, 0) is 6.54 Å². The second-order valence-electron chi connectivity index (χ2n) is 4.67. The largest absolute Gasteiger partial charge is 0.394 e. The Bertz CT molecular complexity index is 312. The summed E-state index contributed by atoms with van der Waals surface area (Å²) in [6.07, 6.45) is 2.31. The predicted molar refractivity (Wildman–Crippen MR) is 61.6 cm³/mol. The molecule has 1 heterocycles. The smallest absolute Gasteiger partial charge is 0.0612 e. The van der Waals surface area contributed by atoms with E-state index in [4.69, 9.17) is 0 Å². The van der Waals surface area contributed by atoms with Crippen LogP contribution in [-0.4, -0.2) is 28.7 Å². The molecule has 82 valence electrons. The summed E-state index contributed by atoms with van der Waals surface area (Å²) < 4.78 is 0. The van der Waals surface area contributed by atoms with Crippen LogP contribution in [0.5, 0.6) is 0 Å². The van der Waals surface area contributed by atoms with E-state index in [1.54, 1.807) is 0 Å². The number of aliphatic hydroxyl groups is 1. The Hall–Kier alpha value is -0.860. The lowest BCUT2D eigenvalue weighted by Gasteiger charge is -2.33. The molecule has 1 aromatic rings. The molecule has 0 radical (unpaired) electrons. The zero-order chi connectivity index (χ0) is 10.7. The Morgan fingerprint density at radius 1 is 1.33 bits per heavy atom. The van der Waals surface area contributed by atoms with Gasteiger partial charge in [0, 0.05) is 12.1 Å². The molecule has 0 saturated carbocycles. The molecule has 0 amide bonds. The molecular formula is C13H19NO. The monoisotopic (exact) mass is 205 g/mol. The van der Waals surface area contributed by atoms with Gasteiger partial charge in [0.2, 0.25) is 0 Å². The van der Waals surface area contributed by atoms with Gasteiger partial charge in [-0.05, 0) is 31.9 Å². The summed E-state index contributed by atoms with van der Waals surface area (Å²) in [6.45, 7) is 4.48. The van der Waals surface area contributed by atoms with Crippen LogP contribution in [0.15, 0.2) is 30.3 Å². The van der Waals surface area contributed by atoms with Crippen molar-refractivity contribution in [1.29, 1.82) is 0 Å². The second kappa shape index (κ2) is 4.33. The van der Waals surface area contributed by atoms with Crippen molar-refractivity contribution in [2.24, 2.45) is 0 Å². The molecule has 1 aromatic carbocycles. The third-order valence-corrected chi connectivity index (χ3v) is 3.46. The van der Waals surface area contributed by atoms with Crippen LogP contribution in [0, 0.1) is 0 Å². The third kappa shape index (κ3) is 2.21. The number of aliphatic hydroxyl groups excluding tert-OH is 1. The summed E-state index contributed by atoms with van der Waals surface area (Å²) >= 11 is 0. The first-order chi connectivity index (χ1) is 7.24. The minimum Gasteiger partial charge on any atom is -0.394 e. The average molecular weight is 205 g/mol. The van der Waals surface area contributed by atoms with E-state index in [1.807, 2.05) is 6.07 Å². The van der Waals surface area contributed by atoms with Gasteiger partial charge in [-0.3, -0.25) is 4.90 Å². The van der Waals surface area contributed by atoms with Crippen LogP contribution < -0.4 is 0 Å². The maximum atomic E-state index is 9.43. The highest BCUT2D eigenvalue weighted by molar-refractivity contribution is 5.15.